The van der Waals surface area contributed by atoms with Crippen LogP contribution in [-0.2, 0) is 18.4 Å². The first kappa shape index (κ1) is 61.0. The molecule has 8 nitrogen and oxygen atoms in total. The number of aliphatic hydroxyl groups excluding tert-OH is 1. The van der Waals surface area contributed by atoms with Gasteiger partial charge in [-0.25, -0.2) is 0 Å². The van der Waals surface area contributed by atoms with E-state index in [2.05, 4.69) is 43.5 Å². The first-order chi connectivity index (χ1) is 30.0. The van der Waals surface area contributed by atoms with Gasteiger partial charge < -0.3 is 28.8 Å². The van der Waals surface area contributed by atoms with Crippen molar-refractivity contribution < 1.29 is 32.9 Å². The van der Waals surface area contributed by atoms with Crippen LogP contribution >= 0.6 is 7.82 Å². The van der Waals surface area contributed by atoms with Crippen LogP contribution in [0.1, 0.15) is 258 Å². The first-order valence-corrected chi connectivity index (χ1v) is 28.1. The van der Waals surface area contributed by atoms with E-state index in [1.165, 1.54) is 161 Å². The van der Waals surface area contributed by atoms with E-state index in [4.69, 9.17) is 9.05 Å². The fraction of sp³-hybridized carbons (Fsp3) is 0.906. The lowest BCUT2D eigenvalue weighted by atomic mass is 10.0. The highest BCUT2D eigenvalue weighted by molar-refractivity contribution is 7.45. The number of rotatable bonds is 49. The zero-order valence-electron chi connectivity index (χ0n) is 41.8. The number of likely N-dealkylation sites (N-methyl/N-ethyl adjacent to an activating group) is 1. The second-order valence-corrected chi connectivity index (χ2v) is 21.0. The van der Waals surface area contributed by atoms with Crippen LogP contribution in [-0.4, -0.2) is 68.5 Å². The van der Waals surface area contributed by atoms with Crippen LogP contribution in [0.25, 0.3) is 0 Å². The van der Waals surface area contributed by atoms with Gasteiger partial charge in [-0.3, -0.25) is 9.36 Å². The molecular formula is C53H105N2O6P. The average Bonchev–Trinajstić information content (AvgIpc) is 3.23. The Morgan fingerprint density at radius 2 is 0.968 bits per heavy atom. The van der Waals surface area contributed by atoms with Crippen molar-refractivity contribution in [2.24, 2.45) is 0 Å². The summed E-state index contributed by atoms with van der Waals surface area (Å²) in [7, 11) is 1.30. The summed E-state index contributed by atoms with van der Waals surface area (Å²) in [5, 5.41) is 14.0. The normalized spacial score (nSPS) is 14.2. The van der Waals surface area contributed by atoms with Gasteiger partial charge in [0.25, 0.3) is 7.82 Å². The number of phosphoric ester groups is 1. The summed E-state index contributed by atoms with van der Waals surface area (Å²) in [4.78, 5) is 25.4. The lowest BCUT2D eigenvalue weighted by Gasteiger charge is -2.30. The highest BCUT2D eigenvalue weighted by atomic mass is 31.2. The van der Waals surface area contributed by atoms with Crippen LogP contribution in [0.3, 0.4) is 0 Å². The number of nitrogens with zero attached hydrogens (tertiary/aromatic N) is 1. The maximum atomic E-state index is 12.9. The molecule has 0 spiro atoms. The molecule has 0 fully saturated rings. The third kappa shape index (κ3) is 47.0. The number of hydrogen-bond acceptors (Lipinski definition) is 6. The Kier molecular flexibility index (Phi) is 44.4. The van der Waals surface area contributed by atoms with Gasteiger partial charge in [-0.1, -0.05) is 237 Å². The second kappa shape index (κ2) is 45.1. The van der Waals surface area contributed by atoms with Crippen molar-refractivity contribution in [2.75, 3.05) is 40.9 Å². The number of aliphatic hydroxyl groups is 1. The summed E-state index contributed by atoms with van der Waals surface area (Å²) in [5.74, 6) is -0.177. The number of phosphoric acid groups is 1. The third-order valence-electron chi connectivity index (χ3n) is 12.2. The van der Waals surface area contributed by atoms with Crippen molar-refractivity contribution in [1.82, 2.24) is 5.32 Å². The molecule has 9 heteroatoms. The van der Waals surface area contributed by atoms with Crippen molar-refractivity contribution in [3.63, 3.8) is 0 Å². The van der Waals surface area contributed by atoms with E-state index in [1.807, 2.05) is 21.1 Å². The van der Waals surface area contributed by atoms with Gasteiger partial charge >= 0.3 is 0 Å². The molecule has 368 valence electrons. The molecule has 0 rings (SSSR count). The molecule has 0 aromatic heterocycles. The molecular weight excluding hydrogens is 792 g/mol. The second-order valence-electron chi connectivity index (χ2n) is 19.6. The SMILES string of the molecule is CCC/C=C\C/C=C\CCCCCCCC(=O)NC(COP(=O)([O-])OCC[N+](C)(C)C)C(O)CCCCCCCCCCCCCCCCCCCCCCCCCCCCC. The molecule has 1 amide bonds. The molecule has 0 aliphatic rings. The summed E-state index contributed by atoms with van der Waals surface area (Å²) in [6, 6.07) is -0.806. The van der Waals surface area contributed by atoms with Gasteiger partial charge in [-0.15, -0.1) is 0 Å². The highest BCUT2D eigenvalue weighted by Gasteiger charge is 2.24. The lowest BCUT2D eigenvalue weighted by Crippen LogP contribution is -2.46. The Labute approximate surface area is 385 Å². The number of quaternary nitrogens is 1. The summed E-state index contributed by atoms with van der Waals surface area (Å²) >= 11 is 0. The summed E-state index contributed by atoms with van der Waals surface area (Å²) in [6.45, 7) is 4.67. The highest BCUT2D eigenvalue weighted by Crippen LogP contribution is 2.38. The first-order valence-electron chi connectivity index (χ1n) is 26.7. The predicted molar refractivity (Wildman–Crippen MR) is 265 cm³/mol. The molecule has 0 saturated heterocycles. The third-order valence-corrected chi connectivity index (χ3v) is 13.1. The van der Waals surface area contributed by atoms with Crippen molar-refractivity contribution in [2.45, 2.75) is 270 Å². The zero-order valence-corrected chi connectivity index (χ0v) is 42.7. The molecule has 0 saturated carbocycles. The van der Waals surface area contributed by atoms with Gasteiger partial charge in [-0.05, 0) is 38.5 Å². The van der Waals surface area contributed by atoms with E-state index in [0.717, 1.165) is 70.6 Å². The predicted octanol–water partition coefficient (Wildman–Crippen LogP) is 15.0. The van der Waals surface area contributed by atoms with Gasteiger partial charge in [0.05, 0.1) is 39.9 Å². The minimum absolute atomic E-state index is 0.0101. The minimum Gasteiger partial charge on any atom is -0.756 e. The Bertz CT molecular complexity index is 1060. The number of unbranched alkanes of at least 4 members (excludes halogenated alkanes) is 32. The maximum absolute atomic E-state index is 12.9. The molecule has 3 atom stereocenters. The van der Waals surface area contributed by atoms with Gasteiger partial charge in [0.15, 0.2) is 0 Å². The molecule has 0 bridgehead atoms. The molecule has 0 radical (unpaired) electrons. The molecule has 0 aliphatic carbocycles. The smallest absolute Gasteiger partial charge is 0.268 e. The van der Waals surface area contributed by atoms with E-state index in [0.29, 0.717) is 23.9 Å². The van der Waals surface area contributed by atoms with Crippen LogP contribution in [0, 0.1) is 0 Å². The van der Waals surface area contributed by atoms with E-state index in [-0.39, 0.29) is 19.1 Å². The average molecular weight is 897 g/mol. The van der Waals surface area contributed by atoms with Gasteiger partial charge in [-0.2, -0.15) is 0 Å². The molecule has 0 aromatic rings. The summed E-state index contributed by atoms with van der Waals surface area (Å²) in [6.07, 6.45) is 55.0. The summed E-state index contributed by atoms with van der Waals surface area (Å²) in [5.41, 5.74) is 0. The molecule has 0 aromatic carbocycles. The van der Waals surface area contributed by atoms with Crippen LogP contribution in [0.4, 0.5) is 0 Å². The number of amides is 1. The minimum atomic E-state index is -4.57. The largest absolute Gasteiger partial charge is 0.756 e. The monoisotopic (exact) mass is 897 g/mol. The fourth-order valence-corrected chi connectivity index (χ4v) is 8.68. The number of carbonyl (C=O) groups is 1. The van der Waals surface area contributed by atoms with Crippen molar-refractivity contribution in [1.29, 1.82) is 0 Å². The lowest BCUT2D eigenvalue weighted by molar-refractivity contribution is -0.870. The molecule has 0 heterocycles. The zero-order chi connectivity index (χ0) is 45.7. The van der Waals surface area contributed by atoms with Crippen molar-refractivity contribution in [3.8, 4) is 0 Å². The standard InChI is InChI=1S/C53H105N2O6P/c1-6-8-10-12-14-16-18-20-21-22-23-24-25-26-27-28-29-30-31-32-33-35-36-38-40-42-44-46-52(56)51(50-61-62(58,59)60-49-48-55(3,4)5)54-53(57)47-45-43-41-39-37-34-19-17-15-13-11-9-7-2/h11,13,17,19,51-52,56H,6-10,12,14-16,18,20-50H2,1-5H3,(H-,54,57,58,59)/b13-11-,19-17-. The Morgan fingerprint density at radius 1 is 0.565 bits per heavy atom. The summed E-state index contributed by atoms with van der Waals surface area (Å²) < 4.78 is 23.3. The molecule has 0 aliphatic heterocycles. The van der Waals surface area contributed by atoms with Gasteiger partial charge in [0, 0.05) is 6.42 Å². The number of allylic oxidation sites excluding steroid dienone is 4. The van der Waals surface area contributed by atoms with E-state index in [1.54, 1.807) is 0 Å². The van der Waals surface area contributed by atoms with E-state index in [9.17, 15) is 19.4 Å². The quantitative estimate of drug-likeness (QED) is 0.0273. The number of carbonyl (C=O) groups excluding carboxylic acids is 1. The van der Waals surface area contributed by atoms with E-state index < -0.39 is 20.0 Å². The van der Waals surface area contributed by atoms with E-state index >= 15 is 0 Å². The number of hydrogen-bond donors (Lipinski definition) is 2. The van der Waals surface area contributed by atoms with Gasteiger partial charge in [0.1, 0.15) is 13.2 Å². The Morgan fingerprint density at radius 3 is 1.40 bits per heavy atom. The van der Waals surface area contributed by atoms with Crippen LogP contribution < -0.4 is 10.2 Å². The van der Waals surface area contributed by atoms with Gasteiger partial charge in [0.2, 0.25) is 5.91 Å². The Balaban J connectivity index is 4.10. The molecule has 2 N–H and O–H groups in total. The fourth-order valence-electron chi connectivity index (χ4n) is 7.96. The number of nitrogens with one attached hydrogen (secondary N) is 1. The Hall–Kier alpha value is -1.02. The topological polar surface area (TPSA) is 108 Å². The van der Waals surface area contributed by atoms with Crippen LogP contribution in [0.2, 0.25) is 0 Å². The van der Waals surface area contributed by atoms with Crippen molar-refractivity contribution >= 4 is 13.7 Å². The molecule has 62 heavy (non-hydrogen) atoms. The van der Waals surface area contributed by atoms with Crippen LogP contribution in [0.15, 0.2) is 24.3 Å². The maximum Gasteiger partial charge on any atom is 0.268 e. The molecule has 3 unspecified atom stereocenters. The van der Waals surface area contributed by atoms with Crippen LogP contribution in [0.5, 0.6) is 0 Å². The van der Waals surface area contributed by atoms with Crippen molar-refractivity contribution in [3.05, 3.63) is 24.3 Å².